The summed E-state index contributed by atoms with van der Waals surface area (Å²) >= 11 is 0. The molecule has 4 rings (SSSR count). The number of carbonyl (C=O) groups excluding carboxylic acids is 2. The number of anilines is 2. The summed E-state index contributed by atoms with van der Waals surface area (Å²) in [5, 5.41) is 2.18. The number of nitrogen functional groups attached to an aromatic ring is 1. The van der Waals surface area contributed by atoms with Crippen molar-refractivity contribution < 1.29 is 14.3 Å². The summed E-state index contributed by atoms with van der Waals surface area (Å²) in [5.41, 5.74) is 8.16. The molecule has 0 bridgehead atoms. The van der Waals surface area contributed by atoms with E-state index in [1.807, 2.05) is 25.1 Å². The minimum Gasteiger partial charge on any atom is -0.384 e. The summed E-state index contributed by atoms with van der Waals surface area (Å²) in [6.45, 7) is 4.48. The number of hydrogen-bond donors (Lipinski definition) is 2. The van der Waals surface area contributed by atoms with Gasteiger partial charge in [-0.05, 0) is 24.6 Å². The number of imide groups is 1. The van der Waals surface area contributed by atoms with Gasteiger partial charge in [0.25, 0.3) is 17.4 Å². The highest BCUT2D eigenvalue weighted by atomic mass is 16.5. The molecule has 2 aliphatic heterocycles. The number of nitrogens with two attached hydrogens (primary N) is 1. The second-order valence-corrected chi connectivity index (χ2v) is 6.37. The van der Waals surface area contributed by atoms with Gasteiger partial charge in [-0.15, -0.1) is 0 Å². The van der Waals surface area contributed by atoms with Crippen LogP contribution in [0.1, 0.15) is 26.3 Å². The molecular weight excluding hydrogens is 336 g/mol. The van der Waals surface area contributed by atoms with Crippen molar-refractivity contribution in [1.82, 2.24) is 9.88 Å². The number of rotatable bonds is 2. The minimum atomic E-state index is -0.599. The Morgan fingerprint density at radius 3 is 2.50 bits per heavy atom. The van der Waals surface area contributed by atoms with Crippen molar-refractivity contribution in [2.45, 2.75) is 6.92 Å². The number of benzene rings is 1. The highest BCUT2D eigenvalue weighted by Gasteiger charge is 2.32. The number of amides is 2. The van der Waals surface area contributed by atoms with Crippen LogP contribution in [-0.4, -0.2) is 42.7 Å². The molecule has 0 aliphatic carbocycles. The van der Waals surface area contributed by atoms with Gasteiger partial charge in [-0.25, -0.2) is 0 Å². The van der Waals surface area contributed by atoms with Gasteiger partial charge in [-0.1, -0.05) is 6.07 Å². The Bertz CT molecular complexity index is 989. The van der Waals surface area contributed by atoms with E-state index >= 15 is 0 Å². The van der Waals surface area contributed by atoms with E-state index in [0.29, 0.717) is 32.0 Å². The van der Waals surface area contributed by atoms with Crippen molar-refractivity contribution >= 4 is 23.3 Å². The molecule has 0 atom stereocenters. The van der Waals surface area contributed by atoms with Gasteiger partial charge in [-0.2, -0.15) is 0 Å². The third-order valence-corrected chi connectivity index (χ3v) is 4.68. The first-order valence-corrected chi connectivity index (χ1v) is 8.32. The average Bonchev–Trinajstić information content (AvgIpc) is 2.90. The van der Waals surface area contributed by atoms with Crippen LogP contribution in [0.2, 0.25) is 0 Å². The van der Waals surface area contributed by atoms with Gasteiger partial charge in [0.15, 0.2) is 0 Å². The van der Waals surface area contributed by atoms with Crippen LogP contribution in [-0.2, 0) is 4.74 Å². The van der Waals surface area contributed by atoms with Crippen LogP contribution in [0.25, 0.3) is 5.69 Å². The summed E-state index contributed by atoms with van der Waals surface area (Å²) in [6, 6.07) is 6.90. The third kappa shape index (κ3) is 2.46. The summed E-state index contributed by atoms with van der Waals surface area (Å²) in [5.74, 6) is -1.22. The van der Waals surface area contributed by atoms with Crippen molar-refractivity contribution in [1.29, 1.82) is 0 Å². The van der Waals surface area contributed by atoms with E-state index in [0.717, 1.165) is 17.3 Å². The van der Waals surface area contributed by atoms with Gasteiger partial charge in [0.1, 0.15) is 5.82 Å². The predicted molar refractivity (Wildman–Crippen MR) is 96.0 cm³/mol. The average molecular weight is 354 g/mol. The molecule has 0 saturated carbocycles. The number of hydrogen-bond acceptors (Lipinski definition) is 6. The van der Waals surface area contributed by atoms with Gasteiger partial charge in [0, 0.05) is 19.2 Å². The summed E-state index contributed by atoms with van der Waals surface area (Å²) in [4.78, 5) is 38.8. The first-order chi connectivity index (χ1) is 12.5. The normalized spacial score (nSPS) is 16.6. The second kappa shape index (κ2) is 5.99. The van der Waals surface area contributed by atoms with E-state index in [4.69, 9.17) is 10.5 Å². The van der Waals surface area contributed by atoms with Crippen LogP contribution in [0.3, 0.4) is 0 Å². The topological polar surface area (TPSA) is 107 Å². The smallest absolute Gasteiger partial charge is 0.262 e. The standard InChI is InChI=1S/C18H18N4O4/c1-10-2-3-12(21-4-6-26-7-5-21)13(8-10)22-14(23)9-11-15(16(22)19)18(25)20-17(11)24/h2-3,8-9H,4-7,19H2,1H3,(H,20,24,25). The van der Waals surface area contributed by atoms with E-state index in [-0.39, 0.29) is 16.9 Å². The molecule has 2 amide bonds. The van der Waals surface area contributed by atoms with Gasteiger partial charge in [0.2, 0.25) is 0 Å². The zero-order valence-electron chi connectivity index (χ0n) is 14.2. The van der Waals surface area contributed by atoms with Crippen LogP contribution in [0.4, 0.5) is 11.5 Å². The molecule has 1 aromatic carbocycles. The van der Waals surface area contributed by atoms with E-state index in [9.17, 15) is 14.4 Å². The number of morpholine rings is 1. The number of nitrogens with zero attached hydrogens (tertiary/aromatic N) is 2. The zero-order chi connectivity index (χ0) is 18.4. The molecule has 8 nitrogen and oxygen atoms in total. The lowest BCUT2D eigenvalue weighted by Crippen LogP contribution is -2.37. The van der Waals surface area contributed by atoms with Crippen molar-refractivity contribution in [2.75, 3.05) is 36.9 Å². The SMILES string of the molecule is Cc1ccc(N2CCOCC2)c(-n2c(N)c3c(cc2=O)C(=O)NC3=O)c1. The molecule has 0 radical (unpaired) electrons. The quantitative estimate of drug-likeness (QED) is 0.759. The molecule has 0 spiro atoms. The fraction of sp³-hybridized carbons (Fsp3) is 0.278. The van der Waals surface area contributed by atoms with Crippen LogP contribution >= 0.6 is 0 Å². The fourth-order valence-electron chi connectivity index (χ4n) is 3.41. The molecule has 3 N–H and O–H groups in total. The molecule has 0 unspecified atom stereocenters. The number of carbonyl (C=O) groups is 2. The number of aryl methyl sites for hydroxylation is 1. The first-order valence-electron chi connectivity index (χ1n) is 8.32. The zero-order valence-corrected chi connectivity index (χ0v) is 14.2. The summed E-state index contributed by atoms with van der Waals surface area (Å²) < 4.78 is 6.70. The lowest BCUT2D eigenvalue weighted by Gasteiger charge is -2.31. The fourth-order valence-corrected chi connectivity index (χ4v) is 3.41. The Kier molecular flexibility index (Phi) is 3.77. The third-order valence-electron chi connectivity index (χ3n) is 4.68. The van der Waals surface area contributed by atoms with E-state index < -0.39 is 17.4 Å². The Morgan fingerprint density at radius 2 is 1.77 bits per heavy atom. The number of aromatic nitrogens is 1. The molecule has 2 aliphatic rings. The van der Waals surface area contributed by atoms with Gasteiger partial charge in [0.05, 0.1) is 35.7 Å². The first kappa shape index (κ1) is 16.3. The van der Waals surface area contributed by atoms with Crippen LogP contribution in [0.15, 0.2) is 29.1 Å². The molecule has 2 aromatic rings. The van der Waals surface area contributed by atoms with Crippen molar-refractivity contribution in [3.8, 4) is 5.69 Å². The van der Waals surface area contributed by atoms with Gasteiger partial charge in [-0.3, -0.25) is 24.3 Å². The maximum absolute atomic E-state index is 12.7. The largest absolute Gasteiger partial charge is 0.384 e. The second-order valence-electron chi connectivity index (χ2n) is 6.37. The molecule has 1 saturated heterocycles. The van der Waals surface area contributed by atoms with E-state index in [1.54, 1.807) is 0 Å². The Hall–Kier alpha value is -3.13. The van der Waals surface area contributed by atoms with Crippen LogP contribution in [0, 0.1) is 6.92 Å². The Morgan fingerprint density at radius 1 is 1.04 bits per heavy atom. The molecule has 1 aromatic heterocycles. The van der Waals surface area contributed by atoms with Gasteiger partial charge < -0.3 is 15.4 Å². The highest BCUT2D eigenvalue weighted by Crippen LogP contribution is 2.30. The van der Waals surface area contributed by atoms with Crippen LogP contribution in [0.5, 0.6) is 0 Å². The minimum absolute atomic E-state index is 0.0225. The summed E-state index contributed by atoms with van der Waals surface area (Å²) in [7, 11) is 0. The van der Waals surface area contributed by atoms with Crippen molar-refractivity contribution in [2.24, 2.45) is 0 Å². The number of ether oxygens (including phenoxy) is 1. The molecule has 3 heterocycles. The number of nitrogens with one attached hydrogen (secondary N) is 1. The lowest BCUT2D eigenvalue weighted by atomic mass is 10.1. The number of pyridine rings is 1. The molecule has 26 heavy (non-hydrogen) atoms. The monoisotopic (exact) mass is 354 g/mol. The Labute approximate surface area is 149 Å². The molecule has 8 heteroatoms. The maximum Gasteiger partial charge on any atom is 0.262 e. The maximum atomic E-state index is 12.7. The van der Waals surface area contributed by atoms with Crippen molar-refractivity contribution in [3.05, 3.63) is 51.3 Å². The molecular formula is C18H18N4O4. The number of fused-ring (bicyclic) bond motifs is 1. The van der Waals surface area contributed by atoms with E-state index in [1.165, 1.54) is 4.57 Å². The molecule has 134 valence electrons. The lowest BCUT2D eigenvalue weighted by molar-refractivity contribution is 0.0880. The van der Waals surface area contributed by atoms with Crippen LogP contribution < -0.4 is 21.5 Å². The van der Waals surface area contributed by atoms with E-state index in [2.05, 4.69) is 10.2 Å². The van der Waals surface area contributed by atoms with Crippen molar-refractivity contribution in [3.63, 3.8) is 0 Å². The predicted octanol–water partition coefficient (Wildman–Crippen LogP) is 0.448. The molecule has 1 fully saturated rings. The summed E-state index contributed by atoms with van der Waals surface area (Å²) in [6.07, 6.45) is 0. The Balaban J connectivity index is 1.95. The van der Waals surface area contributed by atoms with Gasteiger partial charge >= 0.3 is 0 Å². The highest BCUT2D eigenvalue weighted by molar-refractivity contribution is 6.23.